The zero-order valence-corrected chi connectivity index (χ0v) is 12.4. The van der Waals surface area contributed by atoms with Crippen molar-refractivity contribution < 1.29 is 0 Å². The first-order valence-electron chi connectivity index (χ1n) is 6.15. The summed E-state index contributed by atoms with van der Waals surface area (Å²) in [6.45, 7) is 3.01. The fourth-order valence-corrected chi connectivity index (χ4v) is 2.53. The molecule has 1 N–H and O–H groups in total. The number of halogens is 2. The summed E-state index contributed by atoms with van der Waals surface area (Å²) in [4.78, 5) is 0. The average Bonchev–Trinajstić information content (AvgIpc) is 2.75. The maximum atomic E-state index is 6.08. The Labute approximate surface area is 122 Å². The number of nitrogens with zero attached hydrogens (tertiary/aromatic N) is 3. The van der Waals surface area contributed by atoms with E-state index in [0.717, 1.165) is 24.2 Å². The minimum atomic E-state index is -0.0175. The maximum Gasteiger partial charge on any atom is 0.0798 e. The smallest absolute Gasteiger partial charge is 0.0798 e. The molecular formula is C13H16Cl2N4. The Kier molecular flexibility index (Phi) is 4.80. The highest BCUT2D eigenvalue weighted by Crippen LogP contribution is 2.27. The summed E-state index contributed by atoms with van der Waals surface area (Å²) in [5.74, 6) is 0. The van der Waals surface area contributed by atoms with Gasteiger partial charge in [0, 0.05) is 17.1 Å². The van der Waals surface area contributed by atoms with Crippen LogP contribution in [-0.4, -0.2) is 21.5 Å². The fourth-order valence-electron chi connectivity index (χ4n) is 1.98. The van der Waals surface area contributed by atoms with Crippen molar-refractivity contribution in [2.75, 3.05) is 6.54 Å². The van der Waals surface area contributed by atoms with Crippen molar-refractivity contribution in [2.45, 2.75) is 19.4 Å². The Balaban J connectivity index is 2.39. The summed E-state index contributed by atoms with van der Waals surface area (Å²) >= 11 is 12.2. The van der Waals surface area contributed by atoms with Crippen molar-refractivity contribution >= 4 is 23.2 Å². The Morgan fingerprint density at radius 1 is 1.26 bits per heavy atom. The van der Waals surface area contributed by atoms with Gasteiger partial charge in [0.15, 0.2) is 0 Å². The van der Waals surface area contributed by atoms with Gasteiger partial charge >= 0.3 is 0 Å². The number of nitrogens with one attached hydrogen (secondary N) is 1. The summed E-state index contributed by atoms with van der Waals surface area (Å²) in [5, 5.41) is 12.6. The molecule has 0 aliphatic heterocycles. The third-order valence-electron chi connectivity index (χ3n) is 2.86. The van der Waals surface area contributed by atoms with E-state index in [-0.39, 0.29) is 6.04 Å². The number of hydrogen-bond donors (Lipinski definition) is 1. The van der Waals surface area contributed by atoms with Gasteiger partial charge in [-0.2, -0.15) is 0 Å². The van der Waals surface area contributed by atoms with Crippen LogP contribution in [0.3, 0.4) is 0 Å². The lowest BCUT2D eigenvalue weighted by Crippen LogP contribution is -2.25. The van der Waals surface area contributed by atoms with Gasteiger partial charge in [-0.1, -0.05) is 35.3 Å². The topological polar surface area (TPSA) is 42.7 Å². The molecular weight excluding hydrogens is 283 g/mol. The molecule has 2 aromatic rings. The molecule has 0 aliphatic carbocycles. The van der Waals surface area contributed by atoms with Gasteiger partial charge in [0.05, 0.1) is 17.9 Å². The minimum absolute atomic E-state index is 0.0175. The monoisotopic (exact) mass is 298 g/mol. The molecule has 102 valence electrons. The van der Waals surface area contributed by atoms with Crippen LogP contribution >= 0.6 is 23.2 Å². The van der Waals surface area contributed by atoms with Gasteiger partial charge in [-0.15, -0.1) is 5.10 Å². The van der Waals surface area contributed by atoms with Crippen LogP contribution in [0.4, 0.5) is 0 Å². The molecule has 0 saturated carbocycles. The van der Waals surface area contributed by atoms with Gasteiger partial charge in [0.25, 0.3) is 0 Å². The molecule has 4 nitrogen and oxygen atoms in total. The van der Waals surface area contributed by atoms with E-state index < -0.39 is 0 Å². The van der Waals surface area contributed by atoms with Gasteiger partial charge in [-0.05, 0) is 36.7 Å². The Bertz CT molecular complexity index is 533. The zero-order valence-electron chi connectivity index (χ0n) is 10.9. The highest BCUT2D eigenvalue weighted by atomic mass is 35.5. The quantitative estimate of drug-likeness (QED) is 0.922. The molecule has 2 rings (SSSR count). The van der Waals surface area contributed by atoms with Crippen molar-refractivity contribution in [3.63, 3.8) is 0 Å². The Hall–Kier alpha value is -1.10. The summed E-state index contributed by atoms with van der Waals surface area (Å²) in [6.07, 6.45) is 2.79. The first-order valence-corrected chi connectivity index (χ1v) is 6.91. The third kappa shape index (κ3) is 3.47. The minimum Gasteiger partial charge on any atom is -0.305 e. The molecule has 0 amide bonds. The van der Waals surface area contributed by atoms with Crippen LogP contribution in [0.5, 0.6) is 0 Å². The molecule has 0 saturated heterocycles. The molecule has 1 aromatic heterocycles. The van der Waals surface area contributed by atoms with Crippen LogP contribution in [0.15, 0.2) is 24.4 Å². The molecule has 0 fully saturated rings. The third-order valence-corrected chi connectivity index (χ3v) is 3.30. The average molecular weight is 299 g/mol. The van der Waals surface area contributed by atoms with E-state index in [9.17, 15) is 0 Å². The van der Waals surface area contributed by atoms with Gasteiger partial charge in [-0.25, -0.2) is 0 Å². The summed E-state index contributed by atoms with van der Waals surface area (Å²) < 4.78 is 1.75. The van der Waals surface area contributed by atoms with Gasteiger partial charge in [0.2, 0.25) is 0 Å². The van der Waals surface area contributed by atoms with Crippen LogP contribution < -0.4 is 5.32 Å². The van der Waals surface area contributed by atoms with Crippen LogP contribution in [0, 0.1) is 0 Å². The van der Waals surface area contributed by atoms with E-state index in [4.69, 9.17) is 23.2 Å². The lowest BCUT2D eigenvalue weighted by molar-refractivity contribution is 0.550. The highest BCUT2D eigenvalue weighted by molar-refractivity contribution is 6.34. The molecule has 1 unspecified atom stereocenters. The normalized spacial score (nSPS) is 12.6. The van der Waals surface area contributed by atoms with Crippen LogP contribution in [-0.2, 0) is 7.05 Å². The number of rotatable bonds is 5. The van der Waals surface area contributed by atoms with Crippen molar-refractivity contribution in [2.24, 2.45) is 7.05 Å². The molecule has 1 heterocycles. The highest BCUT2D eigenvalue weighted by Gasteiger charge is 2.18. The van der Waals surface area contributed by atoms with Crippen molar-refractivity contribution in [3.8, 4) is 0 Å². The Morgan fingerprint density at radius 2 is 1.95 bits per heavy atom. The Morgan fingerprint density at radius 3 is 2.47 bits per heavy atom. The van der Waals surface area contributed by atoms with E-state index in [2.05, 4.69) is 22.6 Å². The van der Waals surface area contributed by atoms with Crippen LogP contribution in [0.25, 0.3) is 0 Å². The molecule has 0 bridgehead atoms. The molecule has 0 spiro atoms. The van der Waals surface area contributed by atoms with Gasteiger partial charge in [-0.3, -0.25) is 4.68 Å². The predicted molar refractivity (Wildman–Crippen MR) is 77.6 cm³/mol. The van der Waals surface area contributed by atoms with Crippen molar-refractivity contribution in [3.05, 3.63) is 45.7 Å². The van der Waals surface area contributed by atoms with Crippen LogP contribution in [0.1, 0.15) is 30.6 Å². The van der Waals surface area contributed by atoms with E-state index in [1.165, 1.54) is 0 Å². The molecule has 1 atom stereocenters. The fraction of sp³-hybridized carbons (Fsp3) is 0.385. The van der Waals surface area contributed by atoms with E-state index in [1.807, 2.05) is 19.2 Å². The predicted octanol–water partition coefficient (Wildman–Crippen LogP) is 3.21. The SMILES string of the molecule is CCCNC(c1cc(Cl)cc(Cl)c1)c1cnnn1C. The zero-order chi connectivity index (χ0) is 13.8. The van der Waals surface area contributed by atoms with Gasteiger partial charge in [0.1, 0.15) is 0 Å². The molecule has 19 heavy (non-hydrogen) atoms. The molecule has 0 aliphatic rings. The maximum absolute atomic E-state index is 6.08. The second-order valence-electron chi connectivity index (χ2n) is 4.37. The van der Waals surface area contributed by atoms with Crippen molar-refractivity contribution in [1.82, 2.24) is 20.3 Å². The molecule has 6 heteroatoms. The standard InChI is InChI=1S/C13H16Cl2N4/c1-3-4-16-13(12-8-17-18-19(12)2)9-5-10(14)7-11(15)6-9/h5-8,13,16H,3-4H2,1-2H3. The number of aromatic nitrogens is 3. The van der Waals surface area contributed by atoms with E-state index in [1.54, 1.807) is 16.9 Å². The number of hydrogen-bond acceptors (Lipinski definition) is 3. The van der Waals surface area contributed by atoms with E-state index in [0.29, 0.717) is 10.0 Å². The summed E-state index contributed by atoms with van der Waals surface area (Å²) in [5.41, 5.74) is 1.99. The summed E-state index contributed by atoms with van der Waals surface area (Å²) in [7, 11) is 1.87. The van der Waals surface area contributed by atoms with Crippen molar-refractivity contribution in [1.29, 1.82) is 0 Å². The number of aryl methyl sites for hydroxylation is 1. The van der Waals surface area contributed by atoms with E-state index >= 15 is 0 Å². The second kappa shape index (κ2) is 6.37. The van der Waals surface area contributed by atoms with Gasteiger partial charge < -0.3 is 5.32 Å². The van der Waals surface area contributed by atoms with Crippen LogP contribution in [0.2, 0.25) is 10.0 Å². The summed E-state index contributed by atoms with van der Waals surface area (Å²) in [6, 6.07) is 5.53. The second-order valence-corrected chi connectivity index (χ2v) is 5.25. The first-order chi connectivity index (χ1) is 9.11. The molecule has 0 radical (unpaired) electrons. The first kappa shape index (κ1) is 14.3. The largest absolute Gasteiger partial charge is 0.305 e. The number of benzene rings is 1. The lowest BCUT2D eigenvalue weighted by atomic mass is 10.0. The molecule has 1 aromatic carbocycles. The lowest BCUT2D eigenvalue weighted by Gasteiger charge is -2.19.